The summed E-state index contributed by atoms with van der Waals surface area (Å²) in [5, 5.41) is 18.7. The smallest absolute Gasteiger partial charge is 0.244 e. The Morgan fingerprint density at radius 2 is 2.22 bits per heavy atom. The molecule has 118 valence electrons. The lowest BCUT2D eigenvalue weighted by molar-refractivity contribution is -0.116. The Hall–Kier alpha value is -2.15. The third kappa shape index (κ3) is 4.19. The number of thiophene rings is 2. The molecule has 6 heteroatoms. The maximum atomic E-state index is 11.7. The standard InChI is InChI=1S/C17H15NO3S2/c19-14(10-18-17(20)6-3-13-2-1-8-23-13)16-5-4-15(21-16)12-7-9-22-11-12/h1-9,11,14,19H,10H2,(H,18,20)/b6-3+/t14-/m0/s1. The third-order valence-electron chi connectivity index (χ3n) is 3.17. The molecule has 1 atom stereocenters. The molecule has 3 heterocycles. The lowest BCUT2D eigenvalue weighted by atomic mass is 10.2. The largest absolute Gasteiger partial charge is 0.458 e. The Kier molecular flexibility index (Phi) is 5.07. The van der Waals surface area contributed by atoms with Gasteiger partial charge >= 0.3 is 0 Å². The topological polar surface area (TPSA) is 62.5 Å². The molecule has 0 spiro atoms. The van der Waals surface area contributed by atoms with Gasteiger partial charge < -0.3 is 14.8 Å². The molecule has 3 aromatic heterocycles. The van der Waals surface area contributed by atoms with Gasteiger partial charge in [0.2, 0.25) is 5.91 Å². The highest BCUT2D eigenvalue weighted by atomic mass is 32.1. The van der Waals surface area contributed by atoms with E-state index in [4.69, 9.17) is 4.42 Å². The molecule has 0 aliphatic carbocycles. The first-order chi connectivity index (χ1) is 11.2. The van der Waals surface area contributed by atoms with Crippen LogP contribution in [-0.2, 0) is 4.79 Å². The number of hydrogen-bond acceptors (Lipinski definition) is 5. The molecule has 2 N–H and O–H groups in total. The predicted molar refractivity (Wildman–Crippen MR) is 93.3 cm³/mol. The second-order valence-corrected chi connectivity index (χ2v) is 6.58. The zero-order valence-electron chi connectivity index (χ0n) is 12.1. The summed E-state index contributed by atoms with van der Waals surface area (Å²) in [4.78, 5) is 12.7. The molecule has 0 saturated heterocycles. The lowest BCUT2D eigenvalue weighted by Gasteiger charge is -2.08. The van der Waals surface area contributed by atoms with Gasteiger partial charge in [0.15, 0.2) is 0 Å². The molecule has 0 unspecified atom stereocenters. The monoisotopic (exact) mass is 345 g/mol. The van der Waals surface area contributed by atoms with Gasteiger partial charge in [0.1, 0.15) is 17.6 Å². The van der Waals surface area contributed by atoms with Crippen LogP contribution in [0.15, 0.2) is 57.0 Å². The SMILES string of the molecule is O=C(/C=C/c1cccs1)NC[C@H](O)c1ccc(-c2ccsc2)o1. The Balaban J connectivity index is 1.53. The van der Waals surface area contributed by atoms with Crippen molar-refractivity contribution in [2.45, 2.75) is 6.10 Å². The number of nitrogens with one attached hydrogen (secondary N) is 1. The Bertz CT molecular complexity index is 773. The van der Waals surface area contributed by atoms with Crippen molar-refractivity contribution in [2.24, 2.45) is 0 Å². The molecular formula is C17H15NO3S2. The van der Waals surface area contributed by atoms with E-state index >= 15 is 0 Å². The van der Waals surface area contributed by atoms with Gasteiger partial charge in [0, 0.05) is 21.9 Å². The van der Waals surface area contributed by atoms with Crippen molar-refractivity contribution in [2.75, 3.05) is 6.54 Å². The number of aliphatic hydroxyl groups excluding tert-OH is 1. The molecule has 23 heavy (non-hydrogen) atoms. The van der Waals surface area contributed by atoms with Gasteiger partial charge in [0.25, 0.3) is 0 Å². The van der Waals surface area contributed by atoms with E-state index in [0.29, 0.717) is 11.5 Å². The number of aliphatic hydroxyl groups is 1. The highest BCUT2D eigenvalue weighted by Gasteiger charge is 2.14. The van der Waals surface area contributed by atoms with Crippen LogP contribution in [0.25, 0.3) is 17.4 Å². The molecule has 0 saturated carbocycles. The van der Waals surface area contributed by atoms with Crippen LogP contribution in [0.2, 0.25) is 0 Å². The van der Waals surface area contributed by atoms with Crippen molar-refractivity contribution in [3.63, 3.8) is 0 Å². The molecular weight excluding hydrogens is 330 g/mol. The maximum absolute atomic E-state index is 11.7. The molecule has 0 aliphatic heterocycles. The summed E-state index contributed by atoms with van der Waals surface area (Å²) in [5.41, 5.74) is 0.983. The van der Waals surface area contributed by atoms with Gasteiger partial charge in [-0.1, -0.05) is 6.07 Å². The first-order valence-electron chi connectivity index (χ1n) is 7.02. The number of rotatable bonds is 6. The fourth-order valence-corrected chi connectivity index (χ4v) is 3.26. The van der Waals surface area contributed by atoms with Crippen LogP contribution in [0, 0.1) is 0 Å². The fraction of sp³-hybridized carbons (Fsp3) is 0.118. The van der Waals surface area contributed by atoms with Crippen molar-refractivity contribution in [3.05, 3.63) is 63.2 Å². The summed E-state index contributed by atoms with van der Waals surface area (Å²) >= 11 is 3.14. The Morgan fingerprint density at radius 3 is 2.96 bits per heavy atom. The van der Waals surface area contributed by atoms with Crippen molar-refractivity contribution in [1.29, 1.82) is 0 Å². The highest BCUT2D eigenvalue weighted by Crippen LogP contribution is 2.26. The van der Waals surface area contributed by atoms with Gasteiger partial charge in [-0.2, -0.15) is 11.3 Å². The number of hydrogen-bond donors (Lipinski definition) is 2. The van der Waals surface area contributed by atoms with Crippen molar-refractivity contribution >= 4 is 34.7 Å². The summed E-state index contributed by atoms with van der Waals surface area (Å²) in [7, 11) is 0. The Labute approximate surface area is 141 Å². The summed E-state index contributed by atoms with van der Waals surface area (Å²) in [5.74, 6) is 0.903. The zero-order valence-corrected chi connectivity index (χ0v) is 13.8. The van der Waals surface area contributed by atoms with Gasteiger partial charge in [-0.25, -0.2) is 0 Å². The second-order valence-electron chi connectivity index (χ2n) is 4.82. The average molecular weight is 345 g/mol. The summed E-state index contributed by atoms with van der Waals surface area (Å²) in [6, 6.07) is 9.35. The van der Waals surface area contributed by atoms with Crippen LogP contribution in [0.5, 0.6) is 0 Å². The zero-order chi connectivity index (χ0) is 16.1. The molecule has 3 aromatic rings. The van der Waals surface area contributed by atoms with E-state index in [1.807, 2.05) is 40.4 Å². The van der Waals surface area contributed by atoms with Crippen LogP contribution in [0.4, 0.5) is 0 Å². The van der Waals surface area contributed by atoms with Crippen LogP contribution >= 0.6 is 22.7 Å². The minimum absolute atomic E-state index is 0.101. The molecule has 3 rings (SSSR count). The first-order valence-corrected chi connectivity index (χ1v) is 8.84. The van der Waals surface area contributed by atoms with Crippen molar-refractivity contribution < 1.29 is 14.3 Å². The highest BCUT2D eigenvalue weighted by molar-refractivity contribution is 7.10. The van der Waals surface area contributed by atoms with Crippen LogP contribution in [0.3, 0.4) is 0 Å². The van der Waals surface area contributed by atoms with E-state index in [1.165, 1.54) is 6.08 Å². The summed E-state index contributed by atoms with van der Waals surface area (Å²) < 4.78 is 5.63. The fourth-order valence-electron chi connectivity index (χ4n) is 1.99. The normalized spacial score (nSPS) is 12.6. The van der Waals surface area contributed by atoms with E-state index in [1.54, 1.807) is 34.8 Å². The van der Waals surface area contributed by atoms with E-state index in [9.17, 15) is 9.90 Å². The first kappa shape index (κ1) is 15.7. The van der Waals surface area contributed by atoms with Crippen molar-refractivity contribution in [1.82, 2.24) is 5.32 Å². The van der Waals surface area contributed by atoms with E-state index in [-0.39, 0.29) is 12.5 Å². The second kappa shape index (κ2) is 7.41. The lowest BCUT2D eigenvalue weighted by Crippen LogP contribution is -2.26. The van der Waals surface area contributed by atoms with Crippen LogP contribution in [-0.4, -0.2) is 17.6 Å². The molecule has 0 aliphatic rings. The van der Waals surface area contributed by atoms with Crippen LogP contribution < -0.4 is 5.32 Å². The molecule has 0 aromatic carbocycles. The molecule has 4 nitrogen and oxygen atoms in total. The predicted octanol–water partition coefficient (Wildman–Crippen LogP) is 3.93. The average Bonchev–Trinajstić information content (AvgIpc) is 3.31. The number of carbonyl (C=O) groups is 1. The summed E-state index contributed by atoms with van der Waals surface area (Å²) in [6.45, 7) is 0.101. The molecule has 0 bridgehead atoms. The number of furan rings is 1. The quantitative estimate of drug-likeness (QED) is 0.665. The van der Waals surface area contributed by atoms with Crippen molar-refractivity contribution in [3.8, 4) is 11.3 Å². The van der Waals surface area contributed by atoms with Gasteiger partial charge in [-0.15, -0.1) is 11.3 Å². The van der Waals surface area contributed by atoms with E-state index < -0.39 is 6.10 Å². The minimum atomic E-state index is -0.874. The van der Waals surface area contributed by atoms with Gasteiger partial charge in [-0.3, -0.25) is 4.79 Å². The third-order valence-corrected chi connectivity index (χ3v) is 4.69. The Morgan fingerprint density at radius 1 is 1.30 bits per heavy atom. The van der Waals surface area contributed by atoms with E-state index in [0.717, 1.165) is 10.4 Å². The molecule has 0 radical (unpaired) electrons. The molecule has 0 fully saturated rings. The van der Waals surface area contributed by atoms with Crippen LogP contribution in [0.1, 0.15) is 16.7 Å². The summed E-state index contributed by atoms with van der Waals surface area (Å²) in [6.07, 6.45) is 2.33. The molecule has 1 amide bonds. The van der Waals surface area contributed by atoms with Gasteiger partial charge in [0.05, 0.1) is 6.54 Å². The van der Waals surface area contributed by atoms with E-state index in [2.05, 4.69) is 5.32 Å². The maximum Gasteiger partial charge on any atom is 0.244 e. The number of amides is 1. The minimum Gasteiger partial charge on any atom is -0.458 e. The van der Waals surface area contributed by atoms with Gasteiger partial charge in [-0.05, 0) is 41.1 Å². The number of carbonyl (C=O) groups excluding carboxylic acids is 1.